The summed E-state index contributed by atoms with van der Waals surface area (Å²) in [5.41, 5.74) is 0. The fourth-order valence-electron chi connectivity index (χ4n) is 2.48. The number of hydrogen-bond donors (Lipinski definition) is 2. The second kappa shape index (κ2) is 8.58. The molecule has 21 heavy (non-hydrogen) atoms. The maximum absolute atomic E-state index is 12.0. The molecule has 1 amide bonds. The van der Waals surface area contributed by atoms with Gasteiger partial charge in [-0.3, -0.25) is 4.79 Å². The van der Waals surface area contributed by atoms with Crippen LogP contribution in [0, 0.1) is 5.92 Å². The van der Waals surface area contributed by atoms with Crippen molar-refractivity contribution in [3.63, 3.8) is 0 Å². The molecule has 0 bridgehead atoms. The van der Waals surface area contributed by atoms with Crippen molar-refractivity contribution in [2.75, 3.05) is 17.6 Å². The van der Waals surface area contributed by atoms with Gasteiger partial charge in [0.15, 0.2) is 4.34 Å². The number of thioether (sulfide) groups is 1. The van der Waals surface area contributed by atoms with Gasteiger partial charge in [0.25, 0.3) is 0 Å². The van der Waals surface area contributed by atoms with Crippen LogP contribution in [0.15, 0.2) is 4.34 Å². The fourth-order valence-corrected chi connectivity index (χ4v) is 4.07. The average Bonchev–Trinajstić information content (AvgIpc) is 2.93. The van der Waals surface area contributed by atoms with Crippen LogP contribution in [0.4, 0.5) is 5.13 Å². The van der Waals surface area contributed by atoms with Gasteiger partial charge in [-0.1, -0.05) is 49.8 Å². The van der Waals surface area contributed by atoms with Gasteiger partial charge in [-0.05, 0) is 25.2 Å². The summed E-state index contributed by atoms with van der Waals surface area (Å²) in [6.07, 6.45) is 5.92. The quantitative estimate of drug-likeness (QED) is 0.753. The minimum Gasteiger partial charge on any atom is -0.360 e. The van der Waals surface area contributed by atoms with Crippen LogP contribution in [0.25, 0.3) is 0 Å². The molecule has 118 valence electrons. The molecule has 0 saturated heterocycles. The number of aromatic nitrogens is 2. The number of amides is 1. The predicted octanol–water partition coefficient (Wildman–Crippen LogP) is 3.15. The molecule has 0 radical (unpaired) electrons. The maximum atomic E-state index is 12.0. The van der Waals surface area contributed by atoms with Crippen molar-refractivity contribution in [1.29, 1.82) is 0 Å². The van der Waals surface area contributed by atoms with Gasteiger partial charge in [-0.15, -0.1) is 10.2 Å². The highest BCUT2D eigenvalue weighted by Crippen LogP contribution is 2.26. The highest BCUT2D eigenvalue weighted by atomic mass is 32.2. The van der Waals surface area contributed by atoms with E-state index >= 15 is 0 Å². The Kier molecular flexibility index (Phi) is 6.76. The summed E-state index contributed by atoms with van der Waals surface area (Å²) in [4.78, 5) is 12.0. The zero-order valence-corrected chi connectivity index (χ0v) is 14.4. The van der Waals surface area contributed by atoms with E-state index in [2.05, 4.69) is 34.7 Å². The van der Waals surface area contributed by atoms with Crippen molar-refractivity contribution in [1.82, 2.24) is 15.5 Å². The van der Waals surface area contributed by atoms with Crippen LogP contribution in [0.2, 0.25) is 0 Å². The Bertz CT molecular complexity index is 452. The molecule has 0 spiro atoms. The molecule has 2 atom stereocenters. The first-order chi connectivity index (χ1) is 10.2. The second-order valence-electron chi connectivity index (χ2n) is 5.52. The molecule has 2 rings (SSSR count). The van der Waals surface area contributed by atoms with Gasteiger partial charge >= 0.3 is 0 Å². The van der Waals surface area contributed by atoms with E-state index in [4.69, 9.17) is 0 Å². The summed E-state index contributed by atoms with van der Waals surface area (Å²) in [5.74, 6) is 1.13. The van der Waals surface area contributed by atoms with E-state index in [-0.39, 0.29) is 5.91 Å². The molecule has 1 aromatic rings. The molecule has 1 fully saturated rings. The molecule has 1 aliphatic carbocycles. The number of nitrogens with zero attached hydrogens (tertiary/aromatic N) is 2. The third-order valence-electron chi connectivity index (χ3n) is 3.72. The van der Waals surface area contributed by atoms with Crippen LogP contribution in [0.3, 0.4) is 0 Å². The lowest BCUT2D eigenvalue weighted by Crippen LogP contribution is -2.41. The average molecular weight is 329 g/mol. The normalized spacial score (nSPS) is 22.0. The molecule has 1 aromatic heterocycles. The topological polar surface area (TPSA) is 66.9 Å². The molecule has 2 unspecified atom stereocenters. The lowest BCUT2D eigenvalue weighted by atomic mass is 9.86. The number of rotatable bonds is 7. The van der Waals surface area contributed by atoms with E-state index in [9.17, 15) is 4.79 Å². The molecule has 1 heterocycles. The highest BCUT2D eigenvalue weighted by Gasteiger charge is 2.22. The predicted molar refractivity (Wildman–Crippen MR) is 89.0 cm³/mol. The maximum Gasteiger partial charge on any atom is 0.230 e. The summed E-state index contributed by atoms with van der Waals surface area (Å²) in [7, 11) is 0. The van der Waals surface area contributed by atoms with Crippen molar-refractivity contribution >= 4 is 34.1 Å². The minimum atomic E-state index is 0.108. The van der Waals surface area contributed by atoms with Crippen molar-refractivity contribution in [3.8, 4) is 0 Å². The lowest BCUT2D eigenvalue weighted by molar-refractivity contribution is -0.119. The minimum absolute atomic E-state index is 0.108. The Balaban J connectivity index is 1.71. The Morgan fingerprint density at radius 3 is 2.95 bits per heavy atom. The highest BCUT2D eigenvalue weighted by molar-refractivity contribution is 8.01. The van der Waals surface area contributed by atoms with Crippen molar-refractivity contribution in [2.24, 2.45) is 5.92 Å². The van der Waals surface area contributed by atoms with Crippen LogP contribution in [0.1, 0.15) is 46.0 Å². The Morgan fingerprint density at radius 1 is 1.38 bits per heavy atom. The first-order valence-corrected chi connectivity index (χ1v) is 9.48. The van der Waals surface area contributed by atoms with Crippen LogP contribution in [-0.4, -0.2) is 34.4 Å². The summed E-state index contributed by atoms with van der Waals surface area (Å²) in [6, 6.07) is 0.350. The van der Waals surface area contributed by atoms with E-state index in [1.54, 1.807) is 0 Å². The zero-order chi connectivity index (χ0) is 15.1. The van der Waals surface area contributed by atoms with Gasteiger partial charge in [0.1, 0.15) is 0 Å². The van der Waals surface area contributed by atoms with Crippen molar-refractivity contribution in [3.05, 3.63) is 0 Å². The molecule has 7 heteroatoms. The van der Waals surface area contributed by atoms with E-state index < -0.39 is 0 Å². The SMILES string of the molecule is CCCNc1nnc(SCC(=O)NC2CCCCC2C)s1. The number of carbonyl (C=O) groups excluding carboxylic acids is 1. The monoisotopic (exact) mass is 328 g/mol. The summed E-state index contributed by atoms with van der Waals surface area (Å²) in [5, 5.41) is 15.4. The number of nitrogens with one attached hydrogen (secondary N) is 2. The molecule has 5 nitrogen and oxygen atoms in total. The lowest BCUT2D eigenvalue weighted by Gasteiger charge is -2.29. The van der Waals surface area contributed by atoms with Gasteiger partial charge in [0, 0.05) is 12.6 Å². The summed E-state index contributed by atoms with van der Waals surface area (Å²) < 4.78 is 0.848. The van der Waals surface area contributed by atoms with Crippen molar-refractivity contribution < 1.29 is 4.79 Å². The van der Waals surface area contributed by atoms with E-state index in [0.717, 1.165) is 28.9 Å². The zero-order valence-electron chi connectivity index (χ0n) is 12.7. The standard InChI is InChI=1S/C14H24N4OS2/c1-3-8-15-13-17-18-14(21-13)20-9-12(19)16-11-7-5-4-6-10(11)2/h10-11H,3-9H2,1-2H3,(H,15,17)(H,16,19). The molecular weight excluding hydrogens is 304 g/mol. The van der Waals surface area contributed by atoms with E-state index in [1.807, 2.05) is 0 Å². The Morgan fingerprint density at radius 2 is 2.19 bits per heavy atom. The molecule has 0 aromatic carbocycles. The van der Waals surface area contributed by atoms with E-state index in [1.165, 1.54) is 42.4 Å². The molecule has 1 aliphatic rings. The van der Waals surface area contributed by atoms with Gasteiger partial charge in [0.2, 0.25) is 11.0 Å². The molecule has 1 saturated carbocycles. The smallest absolute Gasteiger partial charge is 0.230 e. The van der Waals surface area contributed by atoms with Crippen LogP contribution in [0.5, 0.6) is 0 Å². The summed E-state index contributed by atoms with van der Waals surface area (Å²) >= 11 is 2.98. The number of hydrogen-bond acceptors (Lipinski definition) is 6. The van der Waals surface area contributed by atoms with Gasteiger partial charge < -0.3 is 10.6 Å². The largest absolute Gasteiger partial charge is 0.360 e. The molecule has 2 N–H and O–H groups in total. The summed E-state index contributed by atoms with van der Waals surface area (Å²) in [6.45, 7) is 5.24. The molecular formula is C14H24N4OS2. The van der Waals surface area contributed by atoms with Gasteiger partial charge in [-0.2, -0.15) is 0 Å². The Hall–Kier alpha value is -0.820. The van der Waals surface area contributed by atoms with Crippen LogP contribution < -0.4 is 10.6 Å². The van der Waals surface area contributed by atoms with Gasteiger partial charge in [-0.25, -0.2) is 0 Å². The van der Waals surface area contributed by atoms with E-state index in [0.29, 0.717) is 17.7 Å². The third kappa shape index (κ3) is 5.47. The number of anilines is 1. The van der Waals surface area contributed by atoms with Crippen LogP contribution >= 0.6 is 23.1 Å². The second-order valence-corrected chi connectivity index (χ2v) is 7.72. The third-order valence-corrected chi connectivity index (χ3v) is 5.73. The first-order valence-electron chi connectivity index (χ1n) is 7.68. The first kappa shape index (κ1) is 16.5. The van der Waals surface area contributed by atoms with Crippen LogP contribution in [-0.2, 0) is 4.79 Å². The fraction of sp³-hybridized carbons (Fsp3) is 0.786. The number of carbonyl (C=O) groups is 1. The van der Waals surface area contributed by atoms with Crippen molar-refractivity contribution in [2.45, 2.75) is 56.3 Å². The Labute approximate surface area is 134 Å². The van der Waals surface area contributed by atoms with Gasteiger partial charge in [0.05, 0.1) is 5.75 Å². The molecule has 0 aliphatic heterocycles.